The van der Waals surface area contributed by atoms with Crippen LogP contribution in [0.25, 0.3) is 12.2 Å². The van der Waals surface area contributed by atoms with E-state index in [1.807, 2.05) is 0 Å². The fourth-order valence-electron chi connectivity index (χ4n) is 5.80. The van der Waals surface area contributed by atoms with Crippen LogP contribution in [0.3, 0.4) is 0 Å². The molecular formula is C30H24Ti. The van der Waals surface area contributed by atoms with Gasteiger partial charge in [0.25, 0.3) is 0 Å². The van der Waals surface area contributed by atoms with E-state index in [2.05, 4.69) is 133 Å². The maximum atomic E-state index is 2.51. The molecule has 2 unspecified atom stereocenters. The van der Waals surface area contributed by atoms with E-state index < -0.39 is 16.6 Å². The van der Waals surface area contributed by atoms with Gasteiger partial charge in [-0.1, -0.05) is 0 Å². The Balaban J connectivity index is 1.70. The number of allylic oxidation sites excluding steroid dienone is 2. The molecule has 1 heteroatoms. The molecule has 0 spiro atoms. The molecule has 0 aromatic heterocycles. The Hall–Kier alpha value is -2.93. The molecule has 4 aromatic carbocycles. The van der Waals surface area contributed by atoms with E-state index >= 15 is 0 Å². The molecule has 31 heavy (non-hydrogen) atoms. The van der Waals surface area contributed by atoms with Crippen LogP contribution in [-0.4, -0.2) is 0 Å². The quantitative estimate of drug-likeness (QED) is 0.331. The topological polar surface area (TPSA) is 0 Å². The van der Waals surface area contributed by atoms with Crippen molar-refractivity contribution < 1.29 is 16.6 Å². The van der Waals surface area contributed by atoms with Crippen molar-refractivity contribution in [1.29, 1.82) is 0 Å². The molecule has 2 atom stereocenters. The first-order valence-corrected chi connectivity index (χ1v) is 14.4. The molecule has 0 saturated carbocycles. The number of rotatable bonds is 4. The number of hydrogen-bond donors (Lipinski definition) is 0. The van der Waals surface area contributed by atoms with Crippen molar-refractivity contribution in [3.8, 4) is 0 Å². The molecule has 148 valence electrons. The van der Waals surface area contributed by atoms with Crippen molar-refractivity contribution in [2.24, 2.45) is 0 Å². The van der Waals surface area contributed by atoms with E-state index in [1.54, 1.807) is 7.74 Å². The summed E-state index contributed by atoms with van der Waals surface area (Å²) in [5.74, 6) is 0. The Morgan fingerprint density at radius 2 is 0.806 bits per heavy atom. The summed E-state index contributed by atoms with van der Waals surface area (Å²) in [6.45, 7) is 0. The van der Waals surface area contributed by atoms with Crippen molar-refractivity contribution >= 4 is 19.9 Å². The second-order valence-electron chi connectivity index (χ2n) is 8.53. The van der Waals surface area contributed by atoms with Crippen LogP contribution >= 0.6 is 0 Å². The molecule has 4 aromatic rings. The van der Waals surface area contributed by atoms with Gasteiger partial charge in [-0.25, -0.2) is 0 Å². The third kappa shape index (κ3) is 2.87. The van der Waals surface area contributed by atoms with E-state index in [9.17, 15) is 0 Å². The van der Waals surface area contributed by atoms with E-state index in [1.165, 1.54) is 22.3 Å². The first kappa shape index (κ1) is 18.8. The molecule has 0 amide bonds. The van der Waals surface area contributed by atoms with Gasteiger partial charge in [-0.15, -0.1) is 0 Å². The van der Waals surface area contributed by atoms with E-state index in [-0.39, 0.29) is 0 Å². The van der Waals surface area contributed by atoms with Gasteiger partial charge in [0.1, 0.15) is 0 Å². The second-order valence-corrected chi connectivity index (χ2v) is 15.0. The molecule has 0 heterocycles. The summed E-state index contributed by atoms with van der Waals surface area (Å²) in [7, 11) is 0. The zero-order valence-electron chi connectivity index (χ0n) is 17.4. The van der Waals surface area contributed by atoms with Gasteiger partial charge in [0.15, 0.2) is 0 Å². The van der Waals surface area contributed by atoms with Crippen LogP contribution in [0.5, 0.6) is 0 Å². The van der Waals surface area contributed by atoms with Crippen LogP contribution in [0.1, 0.15) is 30.7 Å². The Morgan fingerprint density at radius 3 is 1.26 bits per heavy atom. The van der Waals surface area contributed by atoms with Crippen LogP contribution in [0.4, 0.5) is 0 Å². The minimum atomic E-state index is -3.10. The van der Waals surface area contributed by atoms with Gasteiger partial charge in [0, 0.05) is 0 Å². The summed E-state index contributed by atoms with van der Waals surface area (Å²) < 4.78 is 3.96. The molecule has 2 aliphatic carbocycles. The standard InChI is InChI=1S/2C9H7.2C6H5.Ti/c2*1-2-5-9-7-3-6-8(9)4-1;2*1-2-4-6-5-3-1;/h2*1-7H;2*1-5H;. The van der Waals surface area contributed by atoms with Gasteiger partial charge < -0.3 is 0 Å². The molecule has 2 aliphatic rings. The molecule has 0 fully saturated rings. The number of benzene rings is 4. The van der Waals surface area contributed by atoms with Crippen LogP contribution < -0.4 is 7.74 Å². The fourth-order valence-corrected chi connectivity index (χ4v) is 15.1. The van der Waals surface area contributed by atoms with Crippen molar-refractivity contribution in [3.63, 3.8) is 0 Å². The molecule has 0 aliphatic heterocycles. The summed E-state index contributed by atoms with van der Waals surface area (Å²) in [6.07, 6.45) is 9.74. The fraction of sp³-hybridized carbons (Fsp3) is 0.0667. The zero-order chi connectivity index (χ0) is 20.7. The molecule has 0 nitrogen and oxygen atoms in total. The second kappa shape index (κ2) is 7.64. The first-order valence-electron chi connectivity index (χ1n) is 11.0. The summed E-state index contributed by atoms with van der Waals surface area (Å²) >= 11 is -3.10. The van der Waals surface area contributed by atoms with E-state index in [0.29, 0.717) is 8.45 Å². The SMILES string of the molecule is C1=C[CH]([Ti]([c]2ccccc2)([c]2ccccc2)[CH]2C=Cc3ccccc32)c2ccccc21. The third-order valence-electron chi connectivity index (χ3n) is 7.08. The predicted octanol–water partition coefficient (Wildman–Crippen LogP) is 6.33. The molecule has 0 N–H and O–H groups in total. The van der Waals surface area contributed by atoms with Crippen molar-refractivity contribution in [3.05, 3.63) is 144 Å². The summed E-state index contributed by atoms with van der Waals surface area (Å²) in [5, 5.41) is 0. The third-order valence-corrected chi connectivity index (χ3v) is 15.7. The average molecular weight is 432 g/mol. The number of hydrogen-bond acceptors (Lipinski definition) is 0. The van der Waals surface area contributed by atoms with Crippen LogP contribution in [0.15, 0.2) is 121 Å². The maximum absolute atomic E-state index is 3.10. The Bertz CT molecular complexity index is 1180. The predicted molar refractivity (Wildman–Crippen MR) is 129 cm³/mol. The van der Waals surface area contributed by atoms with Crippen molar-refractivity contribution in [2.45, 2.75) is 8.45 Å². The van der Waals surface area contributed by atoms with Gasteiger partial charge >= 0.3 is 189 Å². The summed E-state index contributed by atoms with van der Waals surface area (Å²) in [6, 6.07) is 40.8. The molecule has 6 rings (SSSR count). The molecule has 0 saturated heterocycles. The molecule has 0 radical (unpaired) electrons. The van der Waals surface area contributed by atoms with Gasteiger partial charge in [-0.2, -0.15) is 0 Å². The van der Waals surface area contributed by atoms with Gasteiger partial charge in [-0.3, -0.25) is 0 Å². The Morgan fingerprint density at radius 1 is 0.419 bits per heavy atom. The monoisotopic (exact) mass is 432 g/mol. The molecule has 0 bridgehead atoms. The van der Waals surface area contributed by atoms with Crippen LogP contribution in [-0.2, 0) is 16.6 Å². The zero-order valence-corrected chi connectivity index (χ0v) is 18.9. The normalized spacial score (nSPS) is 18.7. The molecular weight excluding hydrogens is 408 g/mol. The van der Waals surface area contributed by atoms with E-state index in [0.717, 1.165) is 0 Å². The first-order chi connectivity index (χ1) is 15.4. The number of fused-ring (bicyclic) bond motifs is 2. The van der Waals surface area contributed by atoms with E-state index in [4.69, 9.17) is 0 Å². The summed E-state index contributed by atoms with van der Waals surface area (Å²) in [4.78, 5) is 0. The van der Waals surface area contributed by atoms with Crippen LogP contribution in [0, 0.1) is 0 Å². The Kier molecular flexibility index (Phi) is 4.64. The van der Waals surface area contributed by atoms with Gasteiger partial charge in [0.2, 0.25) is 0 Å². The van der Waals surface area contributed by atoms with Gasteiger partial charge in [-0.05, 0) is 0 Å². The van der Waals surface area contributed by atoms with Crippen molar-refractivity contribution in [2.75, 3.05) is 0 Å². The van der Waals surface area contributed by atoms with Crippen LogP contribution in [0.2, 0.25) is 0 Å². The summed E-state index contributed by atoms with van der Waals surface area (Å²) in [5.41, 5.74) is 5.75. The Labute approximate surface area is 188 Å². The average Bonchev–Trinajstić information content (AvgIpc) is 3.47. The van der Waals surface area contributed by atoms with Crippen molar-refractivity contribution in [1.82, 2.24) is 0 Å². The van der Waals surface area contributed by atoms with Gasteiger partial charge in [0.05, 0.1) is 0 Å². The minimum absolute atomic E-state index is 0.432.